The number of carbonyl (C=O) groups is 1. The average Bonchev–Trinajstić information content (AvgIpc) is 1.63. The van der Waals surface area contributed by atoms with Crippen molar-refractivity contribution in [1.29, 1.82) is 0 Å². The molecule has 52 valence electrons. The van der Waals surface area contributed by atoms with Crippen molar-refractivity contribution in [1.82, 2.24) is 0 Å². The molecule has 0 unspecified atom stereocenters. The molecule has 0 radical (unpaired) electrons. The Bertz CT molecular complexity index is 132. The Balaban J connectivity index is 3.64. The van der Waals surface area contributed by atoms with Crippen LogP contribution in [0.2, 0.25) is 0 Å². The predicted octanol–water partition coefficient (Wildman–Crippen LogP) is -0.931. The number of carbonyl (C=O) groups excluding carboxylic acids is 1. The highest BCUT2D eigenvalue weighted by atomic mass is 17.0. The van der Waals surface area contributed by atoms with Gasteiger partial charge < -0.3 is 5.73 Å². The summed E-state index contributed by atoms with van der Waals surface area (Å²) < 4.78 is 0. The van der Waals surface area contributed by atoms with Crippen molar-refractivity contribution in [2.75, 3.05) is 0 Å². The van der Waals surface area contributed by atoms with Crippen LogP contribution in [-0.4, -0.2) is 17.1 Å². The summed E-state index contributed by atoms with van der Waals surface area (Å²) in [5.41, 5.74) is 4.91. The Morgan fingerprint density at radius 3 is 2.44 bits per heavy atom. The molecule has 0 saturated carbocycles. The maximum Gasteiger partial charge on any atom is 0.320 e. The van der Waals surface area contributed by atoms with Crippen molar-refractivity contribution in [3.8, 4) is 0 Å². The van der Waals surface area contributed by atoms with Gasteiger partial charge in [-0.3, -0.25) is 4.79 Å². The van der Waals surface area contributed by atoms with Crippen LogP contribution < -0.4 is 5.73 Å². The summed E-state index contributed by atoms with van der Waals surface area (Å²) in [4.78, 5) is 23.1. The van der Waals surface area contributed by atoms with Crippen LogP contribution >= 0.6 is 0 Å². The molecular formula is C3H6N2O4. The van der Waals surface area contributed by atoms with E-state index in [1.165, 1.54) is 6.92 Å². The molecule has 6 heteroatoms. The number of rotatable bonds is 2. The van der Waals surface area contributed by atoms with Gasteiger partial charge in [0, 0.05) is 0 Å². The third-order valence-electron chi connectivity index (χ3n) is 0.536. The molecule has 2 N–H and O–H groups in total. The van der Waals surface area contributed by atoms with Gasteiger partial charge in [-0.15, -0.1) is 10.1 Å². The second-order valence-corrected chi connectivity index (χ2v) is 1.42. The van der Waals surface area contributed by atoms with Crippen molar-refractivity contribution in [2.24, 2.45) is 5.73 Å². The molecule has 0 fully saturated rings. The van der Waals surface area contributed by atoms with Gasteiger partial charge in [0.1, 0.15) is 0 Å². The molecule has 0 aromatic rings. The predicted molar refractivity (Wildman–Crippen MR) is 26.7 cm³/mol. The summed E-state index contributed by atoms with van der Waals surface area (Å²) >= 11 is 0. The van der Waals surface area contributed by atoms with Crippen LogP contribution in [0, 0.1) is 10.1 Å². The largest absolute Gasteiger partial charge is 0.320 e. The summed E-state index contributed by atoms with van der Waals surface area (Å²) in [6.07, 6.45) is 0. The van der Waals surface area contributed by atoms with Gasteiger partial charge >= 0.3 is 11.1 Å². The molecule has 0 aromatic carbocycles. The minimum atomic E-state index is -1.19. The highest BCUT2D eigenvalue weighted by molar-refractivity contribution is 5.74. The Morgan fingerprint density at radius 1 is 1.89 bits per heavy atom. The number of nitrogens with zero attached hydrogens (tertiary/aromatic N) is 1. The van der Waals surface area contributed by atoms with Crippen molar-refractivity contribution in [3.63, 3.8) is 0 Å². The second kappa shape index (κ2) is 2.98. The number of hydrogen-bond donors (Lipinski definition) is 1. The first-order valence-corrected chi connectivity index (χ1v) is 2.16. The Labute approximate surface area is 50.7 Å². The Hall–Kier alpha value is -1.17. The maximum atomic E-state index is 10.2. The van der Waals surface area contributed by atoms with Gasteiger partial charge in [0.25, 0.3) is 0 Å². The lowest BCUT2D eigenvalue weighted by Crippen LogP contribution is -2.30. The first-order valence-electron chi connectivity index (χ1n) is 2.16. The van der Waals surface area contributed by atoms with Gasteiger partial charge in [-0.2, -0.15) is 0 Å². The third kappa shape index (κ3) is 3.42. The standard InChI is InChI=1S/C3H6N2O4/c1-2(4)3(6)9-5(7)8/h2H,4H2,1H3/t2-/m0/s1. The van der Waals surface area contributed by atoms with Crippen molar-refractivity contribution < 1.29 is 14.7 Å². The minimum absolute atomic E-state index is 0.949. The third-order valence-corrected chi connectivity index (χ3v) is 0.536. The van der Waals surface area contributed by atoms with Crippen LogP contribution in [0.15, 0.2) is 0 Å². The van der Waals surface area contributed by atoms with Gasteiger partial charge in [-0.25, -0.2) is 4.84 Å². The molecule has 0 bridgehead atoms. The number of nitrogens with two attached hydrogens (primary N) is 1. The summed E-state index contributed by atoms with van der Waals surface area (Å²) in [7, 11) is 0. The fourth-order valence-corrected chi connectivity index (χ4v) is 0.157. The van der Waals surface area contributed by atoms with Crippen LogP contribution in [0.1, 0.15) is 6.92 Å². The van der Waals surface area contributed by atoms with Crippen molar-refractivity contribution in [3.05, 3.63) is 10.1 Å². The zero-order valence-corrected chi connectivity index (χ0v) is 4.73. The molecule has 6 nitrogen and oxygen atoms in total. The monoisotopic (exact) mass is 134 g/mol. The van der Waals surface area contributed by atoms with Gasteiger partial charge in [0.15, 0.2) is 0 Å². The molecule has 0 rings (SSSR count). The van der Waals surface area contributed by atoms with Crippen LogP contribution in [0.4, 0.5) is 0 Å². The van der Waals surface area contributed by atoms with Gasteiger partial charge in [-0.05, 0) is 6.92 Å². The van der Waals surface area contributed by atoms with Gasteiger partial charge in [-0.1, -0.05) is 0 Å². The van der Waals surface area contributed by atoms with E-state index in [1.54, 1.807) is 0 Å². The van der Waals surface area contributed by atoms with Crippen LogP contribution in [0.5, 0.6) is 0 Å². The van der Waals surface area contributed by atoms with E-state index >= 15 is 0 Å². The summed E-state index contributed by atoms with van der Waals surface area (Å²) in [6, 6.07) is -0.949. The first kappa shape index (κ1) is 7.83. The summed E-state index contributed by atoms with van der Waals surface area (Å²) in [5, 5.41) is 8.23. The van der Waals surface area contributed by atoms with E-state index in [9.17, 15) is 14.9 Å². The van der Waals surface area contributed by atoms with E-state index in [4.69, 9.17) is 5.73 Å². The number of hydrogen-bond acceptors (Lipinski definition) is 5. The van der Waals surface area contributed by atoms with E-state index in [1.807, 2.05) is 0 Å². The first-order chi connectivity index (χ1) is 4.04. The smallest absolute Gasteiger partial charge is 0.320 e. The van der Waals surface area contributed by atoms with Crippen LogP contribution in [0.3, 0.4) is 0 Å². The van der Waals surface area contributed by atoms with Crippen molar-refractivity contribution in [2.45, 2.75) is 13.0 Å². The molecule has 0 saturated heterocycles. The fourth-order valence-electron chi connectivity index (χ4n) is 0.157. The molecule has 1 atom stereocenters. The van der Waals surface area contributed by atoms with Crippen LogP contribution in [-0.2, 0) is 9.63 Å². The molecule has 0 aliphatic rings. The quantitative estimate of drug-likeness (QED) is 0.388. The van der Waals surface area contributed by atoms with E-state index in [0.717, 1.165) is 0 Å². The molecule has 0 aliphatic heterocycles. The molecule has 0 heterocycles. The second-order valence-electron chi connectivity index (χ2n) is 1.42. The lowest BCUT2D eigenvalue weighted by atomic mass is 10.4. The molecular weight excluding hydrogens is 128 g/mol. The lowest BCUT2D eigenvalue weighted by molar-refractivity contribution is -0.729. The molecule has 0 aromatic heterocycles. The van der Waals surface area contributed by atoms with Crippen molar-refractivity contribution >= 4 is 5.97 Å². The lowest BCUT2D eigenvalue weighted by Gasteiger charge is -1.97. The molecule has 9 heavy (non-hydrogen) atoms. The van der Waals surface area contributed by atoms with E-state index in [-0.39, 0.29) is 0 Å². The highest BCUT2D eigenvalue weighted by Gasteiger charge is 2.11. The molecule has 0 amide bonds. The Kier molecular flexibility index (Phi) is 2.59. The Morgan fingerprint density at radius 2 is 2.33 bits per heavy atom. The van der Waals surface area contributed by atoms with E-state index < -0.39 is 17.1 Å². The molecule has 0 aliphatic carbocycles. The normalized spacial score (nSPS) is 12.2. The highest BCUT2D eigenvalue weighted by Crippen LogP contribution is 1.82. The summed E-state index contributed by atoms with van der Waals surface area (Å²) in [6.45, 7) is 1.30. The fraction of sp³-hybridized carbons (Fsp3) is 0.667. The van der Waals surface area contributed by atoms with Gasteiger partial charge in [0.2, 0.25) is 0 Å². The van der Waals surface area contributed by atoms with E-state index in [0.29, 0.717) is 0 Å². The van der Waals surface area contributed by atoms with Crippen LogP contribution in [0.25, 0.3) is 0 Å². The molecule has 0 spiro atoms. The minimum Gasteiger partial charge on any atom is -0.320 e. The topological polar surface area (TPSA) is 95.5 Å². The zero-order chi connectivity index (χ0) is 7.44. The maximum absolute atomic E-state index is 10.2. The summed E-state index contributed by atoms with van der Waals surface area (Å²) in [5.74, 6) is -1.04. The SMILES string of the molecule is C[C@H](N)C(=O)O[N+](=O)[O-]. The average molecular weight is 134 g/mol. The zero-order valence-electron chi connectivity index (χ0n) is 4.73. The van der Waals surface area contributed by atoms with E-state index in [2.05, 4.69) is 4.84 Å². The van der Waals surface area contributed by atoms with Gasteiger partial charge in [0.05, 0.1) is 6.04 Å².